The van der Waals surface area contributed by atoms with Crippen LogP contribution in [-0.2, 0) is 16.8 Å². The van der Waals surface area contributed by atoms with Crippen LogP contribution in [0.3, 0.4) is 0 Å². The Morgan fingerprint density at radius 3 is 2.86 bits per heavy atom. The van der Waals surface area contributed by atoms with Gasteiger partial charge >= 0.3 is 0 Å². The van der Waals surface area contributed by atoms with Crippen molar-refractivity contribution in [3.05, 3.63) is 29.8 Å². The van der Waals surface area contributed by atoms with Crippen molar-refractivity contribution in [3.63, 3.8) is 0 Å². The molecule has 1 heterocycles. The zero-order chi connectivity index (χ0) is 15.5. The Morgan fingerprint density at radius 1 is 1.48 bits per heavy atom. The molecule has 1 fully saturated rings. The Balaban J connectivity index is 2.06. The molecule has 21 heavy (non-hydrogen) atoms. The number of methoxy groups -OCH3 is 1. The third-order valence-corrected chi connectivity index (χ3v) is 5.67. The maximum absolute atomic E-state index is 12.5. The lowest BCUT2D eigenvalue weighted by molar-refractivity contribution is 0.232. The quantitative estimate of drug-likeness (QED) is 0.838. The summed E-state index contributed by atoms with van der Waals surface area (Å²) in [5, 5.41) is 9.13. The van der Waals surface area contributed by atoms with E-state index in [-0.39, 0.29) is 12.5 Å². The summed E-state index contributed by atoms with van der Waals surface area (Å²) in [5.74, 6) is 0.754. The number of aliphatic hydroxyl groups excluding tert-OH is 1. The standard InChI is InChI=1S/C14H22N2O4S/c1-15(9-12-4-3-5-14(8-12)20-2)21(18,19)16-7-6-13(10-16)11-17/h3-5,8,13,17H,6-7,9-11H2,1-2H3. The molecule has 1 aliphatic heterocycles. The van der Waals surface area contributed by atoms with Crippen LogP contribution in [0.25, 0.3) is 0 Å². The summed E-state index contributed by atoms with van der Waals surface area (Å²) < 4.78 is 32.9. The number of ether oxygens (including phenoxy) is 1. The highest BCUT2D eigenvalue weighted by Crippen LogP contribution is 2.22. The molecule has 0 aromatic heterocycles. The second-order valence-corrected chi connectivity index (χ2v) is 7.35. The molecule has 0 spiro atoms. The van der Waals surface area contributed by atoms with Crippen molar-refractivity contribution >= 4 is 10.2 Å². The minimum absolute atomic E-state index is 0.0334. The smallest absolute Gasteiger partial charge is 0.282 e. The highest BCUT2D eigenvalue weighted by Gasteiger charge is 2.33. The monoisotopic (exact) mass is 314 g/mol. The molecule has 0 aliphatic carbocycles. The summed E-state index contributed by atoms with van der Waals surface area (Å²) >= 11 is 0. The number of nitrogens with zero attached hydrogens (tertiary/aromatic N) is 2. The van der Waals surface area contributed by atoms with E-state index in [1.165, 1.54) is 8.61 Å². The van der Waals surface area contributed by atoms with Gasteiger partial charge in [0.2, 0.25) is 0 Å². The molecule has 0 amide bonds. The van der Waals surface area contributed by atoms with Crippen LogP contribution in [0.1, 0.15) is 12.0 Å². The highest BCUT2D eigenvalue weighted by molar-refractivity contribution is 7.86. The van der Waals surface area contributed by atoms with Gasteiger partial charge in [-0.1, -0.05) is 12.1 Å². The van der Waals surface area contributed by atoms with Crippen LogP contribution in [0.4, 0.5) is 0 Å². The van der Waals surface area contributed by atoms with E-state index < -0.39 is 10.2 Å². The van der Waals surface area contributed by atoms with E-state index in [0.717, 1.165) is 5.56 Å². The summed E-state index contributed by atoms with van der Waals surface area (Å²) in [5.41, 5.74) is 0.873. The number of hydrogen-bond donors (Lipinski definition) is 1. The summed E-state index contributed by atoms with van der Waals surface area (Å²) in [6.45, 7) is 1.18. The first-order valence-corrected chi connectivity index (χ1v) is 8.32. The van der Waals surface area contributed by atoms with Crippen LogP contribution in [0.5, 0.6) is 5.75 Å². The molecule has 1 aromatic rings. The number of aliphatic hydroxyl groups is 1. The average molecular weight is 314 g/mol. The minimum atomic E-state index is -3.48. The fourth-order valence-corrected chi connectivity index (χ4v) is 3.90. The van der Waals surface area contributed by atoms with Gasteiger partial charge in [0.1, 0.15) is 5.75 Å². The Kier molecular flexibility index (Phi) is 5.21. The molecule has 0 saturated carbocycles. The van der Waals surface area contributed by atoms with E-state index >= 15 is 0 Å². The van der Waals surface area contributed by atoms with Gasteiger partial charge in [0, 0.05) is 33.3 Å². The van der Waals surface area contributed by atoms with Gasteiger partial charge in [-0.15, -0.1) is 0 Å². The van der Waals surface area contributed by atoms with E-state index in [2.05, 4.69) is 0 Å². The zero-order valence-corrected chi connectivity index (χ0v) is 13.2. The Bertz CT molecular complexity index is 576. The van der Waals surface area contributed by atoms with Gasteiger partial charge in [0.05, 0.1) is 7.11 Å². The molecule has 118 valence electrons. The third-order valence-electron chi connectivity index (χ3n) is 3.77. The first-order chi connectivity index (χ1) is 9.97. The van der Waals surface area contributed by atoms with Crippen molar-refractivity contribution in [2.24, 2.45) is 5.92 Å². The zero-order valence-electron chi connectivity index (χ0n) is 12.4. The summed E-state index contributed by atoms with van der Waals surface area (Å²) in [7, 11) is -0.332. The largest absolute Gasteiger partial charge is 0.497 e. The molecule has 2 rings (SSSR count). The number of rotatable bonds is 6. The number of benzene rings is 1. The lowest BCUT2D eigenvalue weighted by atomic mass is 10.1. The first-order valence-electron chi connectivity index (χ1n) is 6.92. The summed E-state index contributed by atoms with van der Waals surface area (Å²) in [6, 6.07) is 7.36. The van der Waals surface area contributed by atoms with Gasteiger partial charge in [-0.3, -0.25) is 0 Å². The van der Waals surface area contributed by atoms with E-state index in [0.29, 0.717) is 31.8 Å². The molecule has 1 N–H and O–H groups in total. The predicted octanol–water partition coefficient (Wildman–Crippen LogP) is 0.686. The van der Waals surface area contributed by atoms with E-state index in [4.69, 9.17) is 9.84 Å². The molecule has 0 bridgehead atoms. The highest BCUT2D eigenvalue weighted by atomic mass is 32.2. The van der Waals surface area contributed by atoms with Crippen LogP contribution in [0.2, 0.25) is 0 Å². The maximum atomic E-state index is 12.5. The van der Waals surface area contributed by atoms with Crippen LogP contribution >= 0.6 is 0 Å². The molecular weight excluding hydrogens is 292 g/mol. The SMILES string of the molecule is COc1cccc(CN(C)S(=O)(=O)N2CCC(CO)C2)c1. The van der Waals surface area contributed by atoms with Crippen molar-refractivity contribution in [3.8, 4) is 5.75 Å². The minimum Gasteiger partial charge on any atom is -0.497 e. The molecular formula is C14H22N2O4S. The molecule has 1 aromatic carbocycles. The van der Waals surface area contributed by atoms with Crippen molar-refractivity contribution < 1.29 is 18.3 Å². The fraction of sp³-hybridized carbons (Fsp3) is 0.571. The topological polar surface area (TPSA) is 70.1 Å². The van der Waals surface area contributed by atoms with Crippen molar-refractivity contribution in [1.82, 2.24) is 8.61 Å². The maximum Gasteiger partial charge on any atom is 0.282 e. The second kappa shape index (κ2) is 6.74. The van der Waals surface area contributed by atoms with E-state index in [9.17, 15) is 8.42 Å². The molecule has 0 radical (unpaired) electrons. The van der Waals surface area contributed by atoms with Crippen molar-refractivity contribution in [2.75, 3.05) is 33.9 Å². The average Bonchev–Trinajstić information content (AvgIpc) is 2.97. The van der Waals surface area contributed by atoms with Gasteiger partial charge < -0.3 is 9.84 Å². The predicted molar refractivity (Wildman–Crippen MR) is 80.1 cm³/mol. The lowest BCUT2D eigenvalue weighted by Gasteiger charge is -2.24. The van der Waals surface area contributed by atoms with E-state index in [1.807, 2.05) is 24.3 Å². The third kappa shape index (κ3) is 3.74. The molecule has 1 unspecified atom stereocenters. The number of hydrogen-bond acceptors (Lipinski definition) is 4. The van der Waals surface area contributed by atoms with Gasteiger partial charge in [-0.05, 0) is 30.0 Å². The van der Waals surface area contributed by atoms with Crippen LogP contribution < -0.4 is 4.74 Å². The van der Waals surface area contributed by atoms with Crippen LogP contribution in [-0.4, -0.2) is 56.0 Å². The van der Waals surface area contributed by atoms with Crippen LogP contribution in [0.15, 0.2) is 24.3 Å². The Labute approximate surface area is 126 Å². The molecule has 7 heteroatoms. The molecule has 1 aliphatic rings. The van der Waals surface area contributed by atoms with Gasteiger partial charge in [0.25, 0.3) is 10.2 Å². The fourth-order valence-electron chi connectivity index (χ4n) is 2.46. The molecule has 1 atom stereocenters. The summed E-state index contributed by atoms with van der Waals surface area (Å²) in [6.07, 6.45) is 0.711. The first kappa shape index (κ1) is 16.2. The molecule has 1 saturated heterocycles. The lowest BCUT2D eigenvalue weighted by Crippen LogP contribution is -2.40. The normalized spacial score (nSPS) is 20.1. The second-order valence-electron chi connectivity index (χ2n) is 5.31. The van der Waals surface area contributed by atoms with Crippen molar-refractivity contribution in [2.45, 2.75) is 13.0 Å². The van der Waals surface area contributed by atoms with Crippen LogP contribution in [0, 0.1) is 5.92 Å². The summed E-state index contributed by atoms with van der Waals surface area (Å²) in [4.78, 5) is 0. The van der Waals surface area contributed by atoms with Crippen molar-refractivity contribution in [1.29, 1.82) is 0 Å². The van der Waals surface area contributed by atoms with Gasteiger partial charge in [0.15, 0.2) is 0 Å². The van der Waals surface area contributed by atoms with Gasteiger partial charge in [-0.2, -0.15) is 17.0 Å². The van der Waals surface area contributed by atoms with E-state index in [1.54, 1.807) is 14.2 Å². The Hall–Kier alpha value is -1.15. The van der Waals surface area contributed by atoms with Gasteiger partial charge in [-0.25, -0.2) is 0 Å². The Morgan fingerprint density at radius 2 is 2.24 bits per heavy atom. The molecule has 6 nitrogen and oxygen atoms in total.